The van der Waals surface area contributed by atoms with E-state index < -0.39 is 55.4 Å². The van der Waals surface area contributed by atoms with E-state index in [4.69, 9.17) is 14.5 Å². The van der Waals surface area contributed by atoms with E-state index in [0.29, 0.717) is 35.5 Å². The molecule has 4 N–H and O–H groups in total. The number of nitrogens with zero attached hydrogens (tertiary/aromatic N) is 4. The van der Waals surface area contributed by atoms with Gasteiger partial charge in [-0.3, -0.25) is 18.8 Å². The molecule has 2 aliphatic rings. The Hall–Kier alpha value is -4.43. The van der Waals surface area contributed by atoms with Gasteiger partial charge in [-0.1, -0.05) is 12.1 Å². The van der Waals surface area contributed by atoms with Gasteiger partial charge < -0.3 is 25.2 Å². The summed E-state index contributed by atoms with van der Waals surface area (Å²) in [5.74, 6) is -3.86. The Balaban J connectivity index is 1.31. The van der Waals surface area contributed by atoms with Crippen molar-refractivity contribution in [3.8, 4) is 16.9 Å². The molecule has 2 amide bonds. The summed E-state index contributed by atoms with van der Waals surface area (Å²) >= 11 is 0. The molecule has 254 valence electrons. The zero-order valence-electron chi connectivity index (χ0n) is 26.6. The number of carbonyl (C=O) groups excluding carboxylic acids is 2. The number of phosphoric acid groups is 1. The number of aromatic nitrogens is 4. The highest BCUT2D eigenvalue weighted by atomic mass is 31.2. The molecule has 13 nitrogen and oxygen atoms in total. The maximum Gasteiger partial charge on any atom is 0.471 e. The van der Waals surface area contributed by atoms with Gasteiger partial charge in [-0.25, -0.2) is 18.0 Å². The first-order valence-corrected chi connectivity index (χ1v) is 16.8. The number of phosphoric ester groups is 1. The molecule has 0 radical (unpaired) electrons. The number of hydrogen-bond acceptors (Lipinski definition) is 7. The van der Waals surface area contributed by atoms with Crippen LogP contribution in [0.4, 0.5) is 14.5 Å². The molecular formula is C32H35F2N6O7P. The van der Waals surface area contributed by atoms with Gasteiger partial charge >= 0.3 is 7.82 Å². The summed E-state index contributed by atoms with van der Waals surface area (Å²) in [6, 6.07) is 9.07. The van der Waals surface area contributed by atoms with Gasteiger partial charge in [0.25, 0.3) is 5.91 Å². The third kappa shape index (κ3) is 6.50. The monoisotopic (exact) mass is 684 g/mol. The van der Waals surface area contributed by atoms with Crippen molar-refractivity contribution in [2.45, 2.75) is 65.3 Å². The molecule has 4 aromatic rings. The van der Waals surface area contributed by atoms with Crippen molar-refractivity contribution in [1.29, 1.82) is 0 Å². The van der Waals surface area contributed by atoms with Crippen LogP contribution in [0.2, 0.25) is 0 Å². The number of aryl methyl sites for hydroxylation is 1. The van der Waals surface area contributed by atoms with E-state index in [-0.39, 0.29) is 24.1 Å². The standard InChI is InChI=1S/C32H35F2N6O7P/c1-17(2)40-25(9-12-35-40)30(41)37-29(28-22-13-23(33)24(34)14-26(22)46-15-32(28)10-11-32)31(42)36-21-7-5-20(6-8-21)27-18(3)38-39(19(27)4)16-47-48(43,44)45/h5-9,12-14,17,28-29H,10-11,15-16H2,1-4H3,(H,36,42)(H,37,41)(H2,43,44,45)/t28?,29-/m0/s1. The summed E-state index contributed by atoms with van der Waals surface area (Å²) in [6.07, 6.45) is 2.83. The predicted octanol–water partition coefficient (Wildman–Crippen LogP) is 4.98. The maximum atomic E-state index is 14.6. The highest BCUT2D eigenvalue weighted by Crippen LogP contribution is 2.61. The summed E-state index contributed by atoms with van der Waals surface area (Å²) in [7, 11) is -4.70. The molecule has 3 heterocycles. The summed E-state index contributed by atoms with van der Waals surface area (Å²) < 4.78 is 53.4. The molecule has 48 heavy (non-hydrogen) atoms. The van der Waals surface area contributed by atoms with Crippen molar-refractivity contribution < 1.29 is 42.0 Å². The fourth-order valence-corrected chi connectivity index (χ4v) is 6.69. The number of benzene rings is 2. The van der Waals surface area contributed by atoms with Gasteiger partial charge in [0.15, 0.2) is 18.4 Å². The smallest absolute Gasteiger partial charge is 0.471 e. The fourth-order valence-electron chi connectivity index (χ4n) is 6.43. The topological polar surface area (TPSA) is 170 Å². The van der Waals surface area contributed by atoms with Crippen LogP contribution in [0.5, 0.6) is 5.75 Å². The van der Waals surface area contributed by atoms with Crippen molar-refractivity contribution in [3.63, 3.8) is 0 Å². The van der Waals surface area contributed by atoms with Gasteiger partial charge in [-0.15, -0.1) is 0 Å². The molecule has 1 saturated carbocycles. The highest BCUT2D eigenvalue weighted by molar-refractivity contribution is 7.46. The molecule has 1 aliphatic carbocycles. The van der Waals surface area contributed by atoms with Crippen LogP contribution in [0.1, 0.15) is 66.1 Å². The Morgan fingerprint density at radius 2 is 1.81 bits per heavy atom. The van der Waals surface area contributed by atoms with Gasteiger partial charge in [0, 0.05) is 52.1 Å². The largest absolute Gasteiger partial charge is 0.493 e. The number of nitrogens with one attached hydrogen (secondary N) is 2. The van der Waals surface area contributed by atoms with Gasteiger partial charge in [-0.2, -0.15) is 10.2 Å². The van der Waals surface area contributed by atoms with E-state index in [1.165, 1.54) is 15.6 Å². The van der Waals surface area contributed by atoms with Crippen molar-refractivity contribution in [2.75, 3.05) is 11.9 Å². The lowest BCUT2D eigenvalue weighted by Crippen LogP contribution is -2.52. The molecule has 16 heteroatoms. The summed E-state index contributed by atoms with van der Waals surface area (Å²) in [5.41, 5.74) is 3.04. The number of ether oxygens (including phenoxy) is 1. The zero-order chi connectivity index (χ0) is 34.5. The van der Waals surface area contributed by atoms with Crippen LogP contribution >= 0.6 is 7.82 Å². The van der Waals surface area contributed by atoms with Crippen LogP contribution in [0, 0.1) is 30.9 Å². The van der Waals surface area contributed by atoms with E-state index in [1.807, 2.05) is 13.8 Å². The minimum absolute atomic E-state index is 0.123. The molecule has 2 atom stereocenters. The van der Waals surface area contributed by atoms with E-state index in [1.54, 1.807) is 44.2 Å². The molecule has 1 aliphatic heterocycles. The Labute approximate surface area is 274 Å². The van der Waals surface area contributed by atoms with E-state index in [2.05, 4.69) is 25.4 Å². The summed E-state index contributed by atoms with van der Waals surface area (Å²) in [6.45, 7) is 6.96. The van der Waals surface area contributed by atoms with Gasteiger partial charge in [0.05, 0.1) is 12.3 Å². The Bertz CT molecular complexity index is 1930. The number of anilines is 1. The third-order valence-corrected chi connectivity index (χ3v) is 9.37. The minimum atomic E-state index is -4.70. The van der Waals surface area contributed by atoms with Crippen molar-refractivity contribution in [3.05, 3.63) is 82.9 Å². The molecular weight excluding hydrogens is 649 g/mol. The second-order valence-corrected chi connectivity index (χ2v) is 13.7. The van der Waals surface area contributed by atoms with Crippen LogP contribution in [-0.2, 0) is 20.6 Å². The molecule has 2 aromatic carbocycles. The predicted molar refractivity (Wildman–Crippen MR) is 169 cm³/mol. The van der Waals surface area contributed by atoms with Crippen LogP contribution in [-0.4, -0.2) is 53.8 Å². The third-order valence-electron chi connectivity index (χ3n) is 8.92. The summed E-state index contributed by atoms with van der Waals surface area (Å²) in [5, 5.41) is 14.3. The highest BCUT2D eigenvalue weighted by Gasteiger charge is 2.58. The molecule has 1 spiro atoms. The Morgan fingerprint density at radius 3 is 2.46 bits per heavy atom. The number of fused-ring (bicyclic) bond motifs is 1. The molecule has 1 fully saturated rings. The lowest BCUT2D eigenvalue weighted by Gasteiger charge is -2.38. The van der Waals surface area contributed by atoms with Gasteiger partial charge in [0.1, 0.15) is 17.5 Å². The lowest BCUT2D eigenvalue weighted by atomic mass is 9.75. The molecule has 2 aromatic heterocycles. The number of rotatable bonds is 10. The number of amides is 2. The van der Waals surface area contributed by atoms with Gasteiger partial charge in [-0.05, 0) is 70.4 Å². The van der Waals surface area contributed by atoms with Crippen LogP contribution in [0.15, 0.2) is 48.7 Å². The number of carbonyl (C=O) groups is 2. The fraction of sp³-hybridized carbons (Fsp3) is 0.375. The number of halogens is 2. The maximum absolute atomic E-state index is 14.6. The second-order valence-electron chi connectivity index (χ2n) is 12.5. The first-order valence-electron chi connectivity index (χ1n) is 15.3. The molecule has 0 bridgehead atoms. The Kier molecular flexibility index (Phi) is 8.75. The lowest BCUT2D eigenvalue weighted by molar-refractivity contribution is -0.119. The van der Waals surface area contributed by atoms with Crippen LogP contribution in [0.3, 0.4) is 0 Å². The van der Waals surface area contributed by atoms with E-state index >= 15 is 0 Å². The average molecular weight is 685 g/mol. The Morgan fingerprint density at radius 1 is 1.12 bits per heavy atom. The van der Waals surface area contributed by atoms with Crippen LogP contribution < -0.4 is 15.4 Å². The van der Waals surface area contributed by atoms with Crippen molar-refractivity contribution in [2.24, 2.45) is 5.41 Å². The minimum Gasteiger partial charge on any atom is -0.493 e. The van der Waals surface area contributed by atoms with Crippen molar-refractivity contribution in [1.82, 2.24) is 24.9 Å². The first kappa shape index (κ1) is 33.5. The SMILES string of the molecule is Cc1nn(COP(=O)(O)O)c(C)c1-c1ccc(NC(=O)[C@@H](NC(=O)c2ccnn2C(C)C)C2c3cc(F)c(F)cc3OCC23CC3)cc1. The van der Waals surface area contributed by atoms with Crippen LogP contribution in [0.25, 0.3) is 11.1 Å². The zero-order valence-corrected chi connectivity index (χ0v) is 27.5. The van der Waals surface area contributed by atoms with E-state index in [0.717, 1.165) is 23.3 Å². The number of hydrogen-bond donors (Lipinski definition) is 4. The first-order chi connectivity index (χ1) is 22.7. The van der Waals surface area contributed by atoms with E-state index in [9.17, 15) is 22.9 Å². The molecule has 0 saturated heterocycles. The second kappa shape index (κ2) is 12.5. The average Bonchev–Trinajstić information content (AvgIpc) is 3.48. The summed E-state index contributed by atoms with van der Waals surface area (Å²) in [4.78, 5) is 46.0. The van der Waals surface area contributed by atoms with Crippen molar-refractivity contribution >= 4 is 25.3 Å². The molecule has 1 unspecified atom stereocenters. The normalized spacial score (nSPS) is 17.1. The molecule has 6 rings (SSSR count). The van der Waals surface area contributed by atoms with Gasteiger partial charge in [0.2, 0.25) is 5.91 Å². The quantitative estimate of drug-likeness (QED) is 0.168.